The SMILES string of the molecule is Cc1cccn2cc(C(=O)NCc3nc(N)n[nH]3)nc12. The number of pyridine rings is 1. The Kier molecular flexibility index (Phi) is 2.82. The molecular formula is C12H13N7O. The molecule has 0 aromatic carbocycles. The number of amides is 1. The van der Waals surface area contributed by atoms with Crippen molar-refractivity contribution in [2.75, 3.05) is 5.73 Å². The van der Waals surface area contributed by atoms with Gasteiger partial charge in [-0.05, 0) is 18.6 Å². The van der Waals surface area contributed by atoms with Crippen molar-refractivity contribution in [3.8, 4) is 0 Å². The maximum absolute atomic E-state index is 12.0. The number of H-pyrrole nitrogens is 1. The maximum Gasteiger partial charge on any atom is 0.271 e. The number of nitrogens with zero attached hydrogens (tertiary/aromatic N) is 4. The number of nitrogens with one attached hydrogen (secondary N) is 2. The van der Waals surface area contributed by atoms with Crippen LogP contribution in [-0.4, -0.2) is 30.5 Å². The summed E-state index contributed by atoms with van der Waals surface area (Å²) < 4.78 is 1.82. The highest BCUT2D eigenvalue weighted by molar-refractivity contribution is 5.92. The van der Waals surface area contributed by atoms with E-state index in [4.69, 9.17) is 5.73 Å². The molecule has 0 saturated carbocycles. The van der Waals surface area contributed by atoms with Crippen LogP contribution in [0.2, 0.25) is 0 Å². The predicted octanol–water partition coefficient (Wildman–Crippen LogP) is 0.273. The summed E-state index contributed by atoms with van der Waals surface area (Å²) in [7, 11) is 0. The molecule has 3 heterocycles. The van der Waals surface area contributed by atoms with Crippen molar-refractivity contribution in [3.63, 3.8) is 0 Å². The Hall–Kier alpha value is -2.90. The number of fused-ring (bicyclic) bond motifs is 1. The fourth-order valence-corrected chi connectivity index (χ4v) is 1.91. The van der Waals surface area contributed by atoms with Crippen molar-refractivity contribution in [2.45, 2.75) is 13.5 Å². The third-order valence-corrected chi connectivity index (χ3v) is 2.88. The van der Waals surface area contributed by atoms with E-state index in [9.17, 15) is 4.79 Å². The zero-order valence-corrected chi connectivity index (χ0v) is 10.8. The first-order valence-electron chi connectivity index (χ1n) is 6.03. The Morgan fingerprint density at radius 2 is 2.35 bits per heavy atom. The Bertz CT molecular complexity index is 773. The molecular weight excluding hydrogens is 258 g/mol. The number of hydrogen-bond donors (Lipinski definition) is 3. The van der Waals surface area contributed by atoms with Crippen molar-refractivity contribution in [1.29, 1.82) is 0 Å². The average Bonchev–Trinajstić information content (AvgIpc) is 3.03. The molecule has 0 radical (unpaired) electrons. The normalized spacial score (nSPS) is 10.8. The molecule has 0 atom stereocenters. The summed E-state index contributed by atoms with van der Waals surface area (Å²) in [6, 6.07) is 3.85. The Labute approximate surface area is 114 Å². The van der Waals surface area contributed by atoms with Gasteiger partial charge in [-0.25, -0.2) is 4.98 Å². The molecule has 0 fully saturated rings. The van der Waals surface area contributed by atoms with Crippen molar-refractivity contribution in [3.05, 3.63) is 41.6 Å². The second-order valence-electron chi connectivity index (χ2n) is 4.37. The van der Waals surface area contributed by atoms with E-state index in [1.807, 2.05) is 29.7 Å². The summed E-state index contributed by atoms with van der Waals surface area (Å²) in [4.78, 5) is 20.2. The van der Waals surface area contributed by atoms with E-state index in [1.54, 1.807) is 6.20 Å². The van der Waals surface area contributed by atoms with Gasteiger partial charge in [0.2, 0.25) is 5.95 Å². The number of carbonyl (C=O) groups is 1. The number of nitrogen functional groups attached to an aromatic ring is 1. The van der Waals surface area contributed by atoms with Crippen LogP contribution in [0.25, 0.3) is 5.65 Å². The number of aryl methyl sites for hydroxylation is 1. The molecule has 3 rings (SSSR count). The minimum Gasteiger partial charge on any atom is -0.367 e. The lowest BCUT2D eigenvalue weighted by Crippen LogP contribution is -2.23. The zero-order chi connectivity index (χ0) is 14.1. The monoisotopic (exact) mass is 271 g/mol. The van der Waals surface area contributed by atoms with Crippen LogP contribution in [0.4, 0.5) is 5.95 Å². The number of imidazole rings is 1. The lowest BCUT2D eigenvalue weighted by molar-refractivity contribution is 0.0945. The summed E-state index contributed by atoms with van der Waals surface area (Å²) >= 11 is 0. The van der Waals surface area contributed by atoms with Gasteiger partial charge in [0, 0.05) is 12.4 Å². The van der Waals surface area contributed by atoms with Gasteiger partial charge in [-0.2, -0.15) is 4.98 Å². The summed E-state index contributed by atoms with van der Waals surface area (Å²) in [6.45, 7) is 2.16. The number of aromatic amines is 1. The van der Waals surface area contributed by atoms with Gasteiger partial charge in [-0.1, -0.05) is 6.07 Å². The van der Waals surface area contributed by atoms with Crippen LogP contribution < -0.4 is 11.1 Å². The molecule has 4 N–H and O–H groups in total. The van der Waals surface area contributed by atoms with E-state index >= 15 is 0 Å². The van der Waals surface area contributed by atoms with E-state index in [2.05, 4.69) is 25.5 Å². The van der Waals surface area contributed by atoms with Crippen molar-refractivity contribution in [1.82, 2.24) is 29.9 Å². The summed E-state index contributed by atoms with van der Waals surface area (Å²) in [6.07, 6.45) is 3.54. The van der Waals surface area contributed by atoms with Gasteiger partial charge >= 0.3 is 0 Å². The van der Waals surface area contributed by atoms with E-state index in [0.717, 1.165) is 11.2 Å². The summed E-state index contributed by atoms with van der Waals surface area (Å²) in [5.74, 6) is 0.372. The molecule has 3 aromatic rings. The second-order valence-corrected chi connectivity index (χ2v) is 4.37. The number of rotatable bonds is 3. The number of carbonyl (C=O) groups excluding carboxylic acids is 1. The van der Waals surface area contributed by atoms with Crippen molar-refractivity contribution in [2.24, 2.45) is 0 Å². The molecule has 0 spiro atoms. The fraction of sp³-hybridized carbons (Fsp3) is 0.167. The van der Waals surface area contributed by atoms with Gasteiger partial charge in [-0.3, -0.25) is 9.89 Å². The Morgan fingerprint density at radius 1 is 1.50 bits per heavy atom. The van der Waals surface area contributed by atoms with Crippen LogP contribution >= 0.6 is 0 Å². The first-order valence-corrected chi connectivity index (χ1v) is 6.03. The number of hydrogen-bond acceptors (Lipinski definition) is 5. The molecule has 0 aliphatic carbocycles. The number of nitrogens with two attached hydrogens (primary N) is 1. The predicted molar refractivity (Wildman–Crippen MR) is 71.9 cm³/mol. The molecule has 0 unspecified atom stereocenters. The summed E-state index contributed by atoms with van der Waals surface area (Å²) in [5, 5.41) is 9.01. The van der Waals surface area contributed by atoms with Crippen LogP contribution in [0.15, 0.2) is 24.5 Å². The topological polar surface area (TPSA) is 114 Å². The molecule has 0 bridgehead atoms. The molecule has 8 nitrogen and oxygen atoms in total. The first-order chi connectivity index (χ1) is 9.63. The van der Waals surface area contributed by atoms with Gasteiger partial charge < -0.3 is 15.5 Å². The number of anilines is 1. The van der Waals surface area contributed by atoms with E-state index in [1.165, 1.54) is 0 Å². The third kappa shape index (κ3) is 2.18. The van der Waals surface area contributed by atoms with Crippen molar-refractivity contribution < 1.29 is 4.79 Å². The summed E-state index contributed by atoms with van der Waals surface area (Å²) in [5.41, 5.74) is 7.51. The zero-order valence-electron chi connectivity index (χ0n) is 10.8. The Balaban J connectivity index is 1.77. The highest BCUT2D eigenvalue weighted by atomic mass is 16.1. The molecule has 3 aromatic heterocycles. The standard InChI is InChI=1S/C12H13N7O/c1-7-3-2-4-19-6-8(15-10(7)19)11(20)14-5-9-16-12(13)18-17-9/h2-4,6H,5H2,1H3,(H,14,20)(H3,13,16,17,18). The highest BCUT2D eigenvalue weighted by Gasteiger charge is 2.12. The van der Waals surface area contributed by atoms with Crippen LogP contribution in [0.1, 0.15) is 21.9 Å². The Morgan fingerprint density at radius 3 is 3.05 bits per heavy atom. The molecule has 0 saturated heterocycles. The van der Waals surface area contributed by atoms with Gasteiger partial charge in [-0.15, -0.1) is 5.10 Å². The highest BCUT2D eigenvalue weighted by Crippen LogP contribution is 2.09. The third-order valence-electron chi connectivity index (χ3n) is 2.88. The minimum atomic E-state index is -0.275. The van der Waals surface area contributed by atoms with Crippen LogP contribution in [0.3, 0.4) is 0 Å². The molecule has 8 heteroatoms. The lowest BCUT2D eigenvalue weighted by Gasteiger charge is -1.98. The maximum atomic E-state index is 12.0. The lowest BCUT2D eigenvalue weighted by atomic mass is 10.3. The second kappa shape index (κ2) is 4.65. The molecule has 1 amide bonds. The molecule has 20 heavy (non-hydrogen) atoms. The minimum absolute atomic E-state index is 0.151. The van der Waals surface area contributed by atoms with E-state index in [0.29, 0.717) is 11.5 Å². The quantitative estimate of drug-likeness (QED) is 0.632. The smallest absolute Gasteiger partial charge is 0.271 e. The largest absolute Gasteiger partial charge is 0.367 e. The van der Waals surface area contributed by atoms with Gasteiger partial charge in [0.1, 0.15) is 17.2 Å². The van der Waals surface area contributed by atoms with Gasteiger partial charge in [0.25, 0.3) is 5.91 Å². The molecule has 0 aliphatic heterocycles. The van der Waals surface area contributed by atoms with Crippen LogP contribution in [-0.2, 0) is 6.54 Å². The van der Waals surface area contributed by atoms with E-state index < -0.39 is 0 Å². The molecule has 0 aliphatic rings. The van der Waals surface area contributed by atoms with Crippen LogP contribution in [0.5, 0.6) is 0 Å². The van der Waals surface area contributed by atoms with E-state index in [-0.39, 0.29) is 18.4 Å². The van der Waals surface area contributed by atoms with Crippen molar-refractivity contribution >= 4 is 17.5 Å². The first kappa shape index (κ1) is 12.2. The number of aromatic nitrogens is 5. The average molecular weight is 271 g/mol. The van der Waals surface area contributed by atoms with Crippen LogP contribution in [0, 0.1) is 6.92 Å². The fourth-order valence-electron chi connectivity index (χ4n) is 1.91. The molecule has 102 valence electrons. The van der Waals surface area contributed by atoms with Gasteiger partial charge in [0.05, 0.1) is 6.54 Å². The van der Waals surface area contributed by atoms with Gasteiger partial charge in [0.15, 0.2) is 0 Å².